The number of hydrogen-bond donors (Lipinski definition) is 0. The van der Waals surface area contributed by atoms with Crippen LogP contribution in [0.1, 0.15) is 26.6 Å². The summed E-state index contributed by atoms with van der Waals surface area (Å²) in [6.07, 6.45) is 0.574. The van der Waals surface area contributed by atoms with Crippen molar-refractivity contribution < 1.29 is 9.53 Å². The van der Waals surface area contributed by atoms with E-state index in [9.17, 15) is 4.79 Å². The smallest absolute Gasteiger partial charge is 0.192 e. The molecule has 0 aliphatic rings. The van der Waals surface area contributed by atoms with Crippen molar-refractivity contribution in [3.8, 4) is 5.75 Å². The molecule has 1 aromatic heterocycles. The molecule has 0 bridgehead atoms. The van der Waals surface area contributed by atoms with Crippen molar-refractivity contribution >= 4 is 44.7 Å². The van der Waals surface area contributed by atoms with Gasteiger partial charge in [0, 0.05) is 22.4 Å². The minimum Gasteiger partial charge on any atom is -0.489 e. The summed E-state index contributed by atoms with van der Waals surface area (Å²) in [6, 6.07) is 15.6. The van der Waals surface area contributed by atoms with Gasteiger partial charge in [0.2, 0.25) is 0 Å². The van der Waals surface area contributed by atoms with Crippen LogP contribution in [0.5, 0.6) is 5.75 Å². The van der Waals surface area contributed by atoms with Gasteiger partial charge in [-0.05, 0) is 23.8 Å². The Morgan fingerprint density at radius 2 is 2.00 bits per heavy atom. The van der Waals surface area contributed by atoms with E-state index in [0.717, 1.165) is 21.9 Å². The van der Waals surface area contributed by atoms with Gasteiger partial charge in [-0.2, -0.15) is 0 Å². The van der Waals surface area contributed by atoms with Crippen LogP contribution in [0.3, 0.4) is 0 Å². The zero-order chi connectivity index (χ0) is 17.6. The van der Waals surface area contributed by atoms with E-state index in [-0.39, 0.29) is 11.1 Å². The zero-order valence-corrected chi connectivity index (χ0v) is 16.4. The molecule has 25 heavy (non-hydrogen) atoms. The number of aromatic nitrogens is 1. The number of thiazole rings is 1. The highest BCUT2D eigenvalue weighted by molar-refractivity contribution is 9.09. The summed E-state index contributed by atoms with van der Waals surface area (Å²) in [5.74, 6) is 0.756. The molecule has 0 atom stereocenters. The molecular weight excluding hydrogens is 422 g/mol. The third-order valence-corrected chi connectivity index (χ3v) is 5.15. The first-order valence-electron chi connectivity index (χ1n) is 7.64. The largest absolute Gasteiger partial charge is 0.489 e. The van der Waals surface area contributed by atoms with Crippen LogP contribution in [0.2, 0.25) is 5.02 Å². The van der Waals surface area contributed by atoms with Crippen LogP contribution in [-0.4, -0.2) is 16.1 Å². The van der Waals surface area contributed by atoms with Crippen LogP contribution in [0.4, 0.5) is 0 Å². The zero-order valence-electron chi connectivity index (χ0n) is 13.2. The van der Waals surface area contributed by atoms with Crippen molar-refractivity contribution in [2.45, 2.75) is 13.0 Å². The third kappa shape index (κ3) is 4.91. The average molecular weight is 437 g/mol. The van der Waals surface area contributed by atoms with Gasteiger partial charge in [-0.15, -0.1) is 11.3 Å². The Labute approximate surface area is 163 Å². The molecule has 3 nitrogen and oxygen atoms in total. The summed E-state index contributed by atoms with van der Waals surface area (Å²) >= 11 is 10.8. The number of benzene rings is 2. The van der Waals surface area contributed by atoms with E-state index in [0.29, 0.717) is 23.7 Å². The molecule has 0 aliphatic carbocycles. The number of ether oxygens (including phenoxy) is 1. The number of rotatable bonds is 7. The lowest BCUT2D eigenvalue weighted by atomic mass is 10.1. The predicted octanol–water partition coefficient (Wildman–Crippen LogP) is 5.54. The summed E-state index contributed by atoms with van der Waals surface area (Å²) in [4.78, 5) is 16.1. The Bertz CT molecular complexity index is 867. The van der Waals surface area contributed by atoms with E-state index in [1.54, 1.807) is 5.38 Å². The van der Waals surface area contributed by atoms with E-state index < -0.39 is 0 Å². The maximum atomic E-state index is 11.7. The Hall–Kier alpha value is -1.69. The van der Waals surface area contributed by atoms with Gasteiger partial charge in [0.15, 0.2) is 5.78 Å². The fraction of sp³-hybridized carbons (Fsp3) is 0.158. The summed E-state index contributed by atoms with van der Waals surface area (Å²) in [6.45, 7) is 0.487. The lowest BCUT2D eigenvalue weighted by molar-refractivity contribution is 0.101. The lowest BCUT2D eigenvalue weighted by Crippen LogP contribution is -2.02. The molecule has 3 rings (SSSR count). The molecule has 0 amide bonds. The van der Waals surface area contributed by atoms with E-state index in [1.807, 2.05) is 48.5 Å². The molecule has 6 heteroatoms. The molecule has 0 radical (unpaired) electrons. The van der Waals surface area contributed by atoms with Gasteiger partial charge in [-0.3, -0.25) is 4.79 Å². The van der Waals surface area contributed by atoms with Crippen LogP contribution >= 0.6 is 38.9 Å². The lowest BCUT2D eigenvalue weighted by Gasteiger charge is -2.11. The SMILES string of the molecule is O=C(CBr)c1csc(Cc2cc(Cl)ccc2OCc2ccccc2)n1. The normalized spacial score (nSPS) is 10.6. The quantitative estimate of drug-likeness (QED) is 0.360. The number of Topliss-reactive ketones (excluding diaryl/α,β-unsaturated/α-hetero) is 1. The summed E-state index contributed by atoms with van der Waals surface area (Å²) in [5.41, 5.74) is 2.55. The molecule has 0 N–H and O–H groups in total. The first-order valence-corrected chi connectivity index (χ1v) is 10.0. The van der Waals surface area contributed by atoms with Crippen molar-refractivity contribution in [2.75, 3.05) is 5.33 Å². The van der Waals surface area contributed by atoms with Gasteiger partial charge in [-0.25, -0.2) is 4.98 Å². The summed E-state index contributed by atoms with van der Waals surface area (Å²) < 4.78 is 5.97. The van der Waals surface area contributed by atoms with Crippen LogP contribution in [0.15, 0.2) is 53.9 Å². The second-order valence-corrected chi connectivity index (χ2v) is 7.33. The maximum absolute atomic E-state index is 11.7. The van der Waals surface area contributed by atoms with Gasteiger partial charge in [0.05, 0.1) is 10.3 Å². The van der Waals surface area contributed by atoms with Crippen molar-refractivity contribution in [2.24, 2.45) is 0 Å². The predicted molar refractivity (Wildman–Crippen MR) is 105 cm³/mol. The van der Waals surface area contributed by atoms with Crippen LogP contribution in [0.25, 0.3) is 0 Å². The summed E-state index contributed by atoms with van der Waals surface area (Å²) in [7, 11) is 0. The molecule has 0 unspecified atom stereocenters. The van der Waals surface area contributed by atoms with Crippen molar-refractivity contribution in [3.63, 3.8) is 0 Å². The number of alkyl halides is 1. The van der Waals surface area contributed by atoms with Gasteiger partial charge in [-0.1, -0.05) is 57.9 Å². The molecular formula is C19H15BrClNO2S. The monoisotopic (exact) mass is 435 g/mol. The standard InChI is InChI=1S/C19H15BrClNO2S/c20-10-17(23)16-12-25-19(22-16)9-14-8-15(21)6-7-18(14)24-11-13-4-2-1-3-5-13/h1-8,12H,9-11H2. The van der Waals surface area contributed by atoms with Gasteiger partial charge < -0.3 is 4.74 Å². The molecule has 3 aromatic rings. The minimum absolute atomic E-state index is 0.0193. The molecule has 0 saturated heterocycles. The van der Waals surface area contributed by atoms with Crippen LogP contribution in [0, 0.1) is 0 Å². The number of nitrogens with zero attached hydrogens (tertiary/aromatic N) is 1. The topological polar surface area (TPSA) is 39.2 Å². The maximum Gasteiger partial charge on any atom is 0.192 e. The van der Waals surface area contributed by atoms with Gasteiger partial charge >= 0.3 is 0 Å². The fourth-order valence-electron chi connectivity index (χ4n) is 2.31. The molecule has 0 saturated carbocycles. The molecule has 0 fully saturated rings. The average Bonchev–Trinajstić information content (AvgIpc) is 3.10. The second kappa shape index (κ2) is 8.61. The molecule has 0 aliphatic heterocycles. The van der Waals surface area contributed by atoms with E-state index >= 15 is 0 Å². The van der Waals surface area contributed by atoms with E-state index in [4.69, 9.17) is 16.3 Å². The fourth-order valence-corrected chi connectivity index (χ4v) is 3.62. The first kappa shape index (κ1) is 18.1. The Balaban J connectivity index is 1.77. The molecule has 2 aromatic carbocycles. The highest BCUT2D eigenvalue weighted by Crippen LogP contribution is 2.27. The highest BCUT2D eigenvalue weighted by Gasteiger charge is 2.12. The second-order valence-electron chi connectivity index (χ2n) is 5.39. The third-order valence-electron chi connectivity index (χ3n) is 3.56. The number of hydrogen-bond acceptors (Lipinski definition) is 4. The summed E-state index contributed by atoms with van der Waals surface area (Å²) in [5, 5.41) is 3.57. The van der Waals surface area contributed by atoms with Crippen molar-refractivity contribution in [3.05, 3.63) is 80.8 Å². The Morgan fingerprint density at radius 1 is 1.20 bits per heavy atom. The van der Waals surface area contributed by atoms with E-state index in [1.165, 1.54) is 11.3 Å². The number of halogens is 2. The Morgan fingerprint density at radius 3 is 2.76 bits per heavy atom. The van der Waals surface area contributed by atoms with Crippen molar-refractivity contribution in [1.29, 1.82) is 0 Å². The molecule has 128 valence electrons. The van der Waals surface area contributed by atoms with Gasteiger partial charge in [0.1, 0.15) is 18.1 Å². The number of carbonyl (C=O) groups is 1. The van der Waals surface area contributed by atoms with Crippen LogP contribution in [-0.2, 0) is 13.0 Å². The number of ketones is 1. The van der Waals surface area contributed by atoms with Gasteiger partial charge in [0.25, 0.3) is 0 Å². The minimum atomic E-state index is -0.0193. The molecule has 1 heterocycles. The molecule has 0 spiro atoms. The number of carbonyl (C=O) groups excluding carboxylic acids is 1. The Kier molecular flexibility index (Phi) is 6.24. The van der Waals surface area contributed by atoms with E-state index in [2.05, 4.69) is 20.9 Å². The first-order chi connectivity index (χ1) is 12.2. The van der Waals surface area contributed by atoms with Crippen molar-refractivity contribution in [1.82, 2.24) is 4.98 Å². The highest BCUT2D eigenvalue weighted by atomic mass is 79.9. The van der Waals surface area contributed by atoms with Crippen LogP contribution < -0.4 is 4.74 Å².